The number of nitrogens with zero attached hydrogens (tertiary/aromatic N) is 1. The number of halogens is 6. The lowest BCUT2D eigenvalue weighted by molar-refractivity contribution is -0.384. The van der Waals surface area contributed by atoms with Crippen LogP contribution in [0.5, 0.6) is 0 Å². The Hall–Kier alpha value is -2.50. The number of nitro groups is 1. The van der Waals surface area contributed by atoms with Gasteiger partial charge >= 0.3 is 18.1 Å². The van der Waals surface area contributed by atoms with Crippen molar-refractivity contribution in [2.24, 2.45) is 0 Å². The predicted molar refractivity (Wildman–Crippen MR) is 106 cm³/mol. The van der Waals surface area contributed by atoms with Gasteiger partial charge in [-0.1, -0.05) is 12.1 Å². The Morgan fingerprint density at radius 1 is 1.20 bits per heavy atom. The molecule has 1 unspecified atom stereocenters. The van der Waals surface area contributed by atoms with Crippen molar-refractivity contribution >= 4 is 54.8 Å². The average molecular weight is 496 g/mol. The molecule has 0 amide bonds. The SMILES string of the molecule is COC(=O)C1=C(C(F)(F)F)NC(C)=C(C(=O)O)C1c1cccc([N+](=O)[O-])c1.Cl.Cl.Cl. The average Bonchev–Trinajstić information content (AvgIpc) is 2.59. The second-order valence-electron chi connectivity index (χ2n) is 5.53. The van der Waals surface area contributed by atoms with Crippen LogP contribution in [0.25, 0.3) is 0 Å². The molecular weight excluding hydrogens is 480 g/mol. The van der Waals surface area contributed by atoms with Gasteiger partial charge in [0.25, 0.3) is 5.69 Å². The highest BCUT2D eigenvalue weighted by atomic mass is 35.5. The zero-order valence-corrected chi connectivity index (χ0v) is 17.6. The number of alkyl halides is 3. The van der Waals surface area contributed by atoms with Crippen LogP contribution in [0.2, 0.25) is 0 Å². The van der Waals surface area contributed by atoms with Crippen LogP contribution in [0.4, 0.5) is 18.9 Å². The van der Waals surface area contributed by atoms with Gasteiger partial charge in [-0.3, -0.25) is 10.1 Å². The van der Waals surface area contributed by atoms with Crippen LogP contribution < -0.4 is 5.32 Å². The maximum atomic E-state index is 13.5. The van der Waals surface area contributed by atoms with Crippen molar-refractivity contribution in [1.29, 1.82) is 0 Å². The number of non-ortho nitro benzene ring substituents is 1. The normalized spacial score (nSPS) is 15.7. The quantitative estimate of drug-likeness (QED) is 0.369. The molecule has 168 valence electrons. The minimum atomic E-state index is -5.02. The van der Waals surface area contributed by atoms with Crippen LogP contribution in [-0.4, -0.2) is 35.3 Å². The summed E-state index contributed by atoms with van der Waals surface area (Å²) in [6, 6.07) is 4.40. The topological polar surface area (TPSA) is 119 Å². The fraction of sp³-hybridized carbons (Fsp3) is 0.250. The third-order valence-electron chi connectivity index (χ3n) is 3.90. The van der Waals surface area contributed by atoms with Gasteiger partial charge in [-0.15, -0.1) is 37.2 Å². The zero-order valence-electron chi connectivity index (χ0n) is 15.2. The largest absolute Gasteiger partial charge is 0.478 e. The molecule has 8 nitrogen and oxygen atoms in total. The number of allylic oxidation sites excluding steroid dienone is 2. The lowest BCUT2D eigenvalue weighted by Gasteiger charge is -2.31. The summed E-state index contributed by atoms with van der Waals surface area (Å²) in [6.45, 7) is 1.10. The van der Waals surface area contributed by atoms with Crippen LogP contribution in [0.15, 0.2) is 46.8 Å². The van der Waals surface area contributed by atoms with E-state index in [2.05, 4.69) is 4.74 Å². The lowest BCUT2D eigenvalue weighted by atomic mass is 9.80. The van der Waals surface area contributed by atoms with Crippen molar-refractivity contribution in [2.75, 3.05) is 7.11 Å². The van der Waals surface area contributed by atoms with Crippen molar-refractivity contribution in [2.45, 2.75) is 19.0 Å². The van der Waals surface area contributed by atoms with Gasteiger partial charge in [-0.2, -0.15) is 13.2 Å². The van der Waals surface area contributed by atoms with Gasteiger partial charge in [0.15, 0.2) is 0 Å². The van der Waals surface area contributed by atoms with Crippen molar-refractivity contribution < 1.29 is 37.5 Å². The van der Waals surface area contributed by atoms with Gasteiger partial charge in [0, 0.05) is 17.8 Å². The summed E-state index contributed by atoms with van der Waals surface area (Å²) in [4.78, 5) is 34.0. The number of dihydropyridines is 1. The lowest BCUT2D eigenvalue weighted by Crippen LogP contribution is -2.38. The Balaban J connectivity index is 0. The number of carbonyl (C=O) groups is 2. The molecular formula is C16H16Cl3F3N2O6. The fourth-order valence-electron chi connectivity index (χ4n) is 2.82. The molecule has 2 rings (SSSR count). The highest BCUT2D eigenvalue weighted by Gasteiger charge is 2.47. The van der Waals surface area contributed by atoms with Crippen molar-refractivity contribution in [1.82, 2.24) is 5.32 Å². The number of carboxylic acids is 1. The Labute approximate surface area is 186 Å². The van der Waals surface area contributed by atoms with Gasteiger partial charge in [-0.05, 0) is 12.5 Å². The molecule has 0 aromatic heterocycles. The first-order valence-corrected chi connectivity index (χ1v) is 7.34. The standard InChI is InChI=1S/C16H13F3N2O6.3ClH/c1-7-10(14(22)23)11(8-4-3-5-9(6-8)21(25)26)12(15(24)27-2)13(20-7)16(17,18)19;;;/h3-6,11,20H,1-2H3,(H,22,23);3*1H. The Morgan fingerprint density at radius 2 is 1.77 bits per heavy atom. The highest BCUT2D eigenvalue weighted by Crippen LogP contribution is 2.43. The smallest absolute Gasteiger partial charge is 0.431 e. The van der Waals surface area contributed by atoms with E-state index in [9.17, 15) is 38.0 Å². The van der Waals surface area contributed by atoms with Crippen LogP contribution in [0.3, 0.4) is 0 Å². The summed E-state index contributed by atoms with van der Waals surface area (Å²) < 4.78 is 44.9. The number of nitro benzene ring substituents is 1. The van der Waals surface area contributed by atoms with Gasteiger partial charge < -0.3 is 15.2 Å². The van der Waals surface area contributed by atoms with E-state index < -0.39 is 51.5 Å². The zero-order chi connectivity index (χ0) is 20.5. The number of rotatable bonds is 4. The molecule has 1 atom stereocenters. The van der Waals surface area contributed by atoms with E-state index in [0.717, 1.165) is 26.2 Å². The van der Waals surface area contributed by atoms with Crippen LogP contribution in [0, 0.1) is 10.1 Å². The van der Waals surface area contributed by atoms with Gasteiger partial charge in [0.2, 0.25) is 0 Å². The molecule has 1 aliphatic rings. The third-order valence-corrected chi connectivity index (χ3v) is 3.90. The summed E-state index contributed by atoms with van der Waals surface area (Å²) >= 11 is 0. The number of hydrogen-bond acceptors (Lipinski definition) is 6. The van der Waals surface area contributed by atoms with Crippen molar-refractivity contribution in [3.8, 4) is 0 Å². The summed E-state index contributed by atoms with van der Waals surface area (Å²) in [5, 5.41) is 22.4. The van der Waals surface area contributed by atoms with E-state index in [1.54, 1.807) is 0 Å². The summed E-state index contributed by atoms with van der Waals surface area (Å²) in [7, 11) is 0.847. The molecule has 1 aliphatic heterocycles. The predicted octanol–water partition coefficient (Wildman–Crippen LogP) is 3.90. The first-order valence-electron chi connectivity index (χ1n) is 7.34. The number of benzene rings is 1. The molecule has 1 aromatic rings. The summed E-state index contributed by atoms with van der Waals surface area (Å²) in [6.07, 6.45) is -5.02. The second kappa shape index (κ2) is 11.0. The summed E-state index contributed by atoms with van der Waals surface area (Å²) in [5.74, 6) is -4.70. The monoisotopic (exact) mass is 494 g/mol. The highest BCUT2D eigenvalue weighted by molar-refractivity contribution is 5.99. The Bertz CT molecular complexity index is 902. The molecule has 0 aliphatic carbocycles. The van der Waals surface area contributed by atoms with E-state index in [1.165, 1.54) is 12.1 Å². The van der Waals surface area contributed by atoms with Gasteiger partial charge in [-0.25, -0.2) is 9.59 Å². The molecule has 1 heterocycles. The molecule has 0 radical (unpaired) electrons. The molecule has 0 spiro atoms. The van der Waals surface area contributed by atoms with Gasteiger partial charge in [0.1, 0.15) is 5.70 Å². The molecule has 2 N–H and O–H groups in total. The third kappa shape index (κ3) is 5.77. The number of carbonyl (C=O) groups excluding carboxylic acids is 1. The maximum Gasteiger partial charge on any atom is 0.431 e. The van der Waals surface area contributed by atoms with E-state index >= 15 is 0 Å². The molecule has 0 fully saturated rings. The van der Waals surface area contributed by atoms with Gasteiger partial charge in [0.05, 0.1) is 29.1 Å². The number of ether oxygens (including phenoxy) is 1. The molecule has 0 bridgehead atoms. The number of esters is 1. The summed E-state index contributed by atoms with van der Waals surface area (Å²) in [5.41, 5.74) is -4.00. The number of hydrogen-bond donors (Lipinski definition) is 2. The molecule has 0 saturated heterocycles. The van der Waals surface area contributed by atoms with E-state index in [4.69, 9.17) is 0 Å². The number of methoxy groups -OCH3 is 1. The van der Waals surface area contributed by atoms with Crippen molar-refractivity contribution in [3.05, 3.63) is 62.5 Å². The minimum Gasteiger partial charge on any atom is -0.478 e. The molecule has 0 saturated carbocycles. The Kier molecular flexibility index (Phi) is 10.9. The number of aliphatic carboxylic acids is 1. The van der Waals surface area contributed by atoms with Crippen molar-refractivity contribution in [3.63, 3.8) is 0 Å². The Morgan fingerprint density at radius 3 is 2.20 bits per heavy atom. The fourth-order valence-corrected chi connectivity index (χ4v) is 2.82. The first kappa shape index (κ1) is 29.7. The number of nitrogens with one attached hydrogen (secondary N) is 1. The molecule has 30 heavy (non-hydrogen) atoms. The molecule has 1 aromatic carbocycles. The van der Waals surface area contributed by atoms with Crippen LogP contribution in [-0.2, 0) is 14.3 Å². The maximum absolute atomic E-state index is 13.5. The molecule has 14 heteroatoms. The van der Waals surface area contributed by atoms with E-state index in [-0.39, 0.29) is 48.5 Å². The van der Waals surface area contributed by atoms with Crippen LogP contribution in [0.1, 0.15) is 18.4 Å². The second-order valence-corrected chi connectivity index (χ2v) is 5.53. The van der Waals surface area contributed by atoms with E-state index in [0.29, 0.717) is 0 Å². The number of carboxylic acid groups (broad SMARTS) is 1. The van der Waals surface area contributed by atoms with Crippen LogP contribution >= 0.6 is 37.2 Å². The first-order chi connectivity index (χ1) is 12.5. The minimum absolute atomic E-state index is 0. The van der Waals surface area contributed by atoms with E-state index in [1.807, 2.05) is 5.32 Å².